The summed E-state index contributed by atoms with van der Waals surface area (Å²) in [5, 5.41) is 0. The minimum absolute atomic E-state index is 0.246. The van der Waals surface area contributed by atoms with Gasteiger partial charge in [-0.15, -0.1) is 11.3 Å². The van der Waals surface area contributed by atoms with Crippen LogP contribution in [0.2, 0.25) is 0 Å². The van der Waals surface area contributed by atoms with E-state index in [0.29, 0.717) is 0 Å². The number of nitrogens with two attached hydrogens (primary N) is 1. The van der Waals surface area contributed by atoms with Crippen molar-refractivity contribution in [3.8, 4) is 0 Å². The minimum Gasteiger partial charge on any atom is -0.271 e. The highest BCUT2D eigenvalue weighted by Gasteiger charge is 2.15. The quantitative estimate of drug-likeness (QED) is 0.567. The summed E-state index contributed by atoms with van der Waals surface area (Å²) >= 11 is 8.75. The van der Waals surface area contributed by atoms with Crippen LogP contribution in [0.4, 0.5) is 0 Å². The first kappa shape index (κ1) is 14.6. The van der Waals surface area contributed by atoms with Crippen molar-refractivity contribution in [3.63, 3.8) is 0 Å². The fourth-order valence-corrected chi connectivity index (χ4v) is 4.62. The van der Waals surface area contributed by atoms with Gasteiger partial charge < -0.3 is 0 Å². The molecule has 0 aliphatic carbocycles. The summed E-state index contributed by atoms with van der Waals surface area (Å²) in [6.45, 7) is 4.50. The van der Waals surface area contributed by atoms with Crippen LogP contribution in [0.5, 0.6) is 0 Å². The molecule has 0 radical (unpaired) electrons. The fourth-order valence-electron chi connectivity index (χ4n) is 1.65. The highest BCUT2D eigenvalue weighted by atomic mass is 79.9. The van der Waals surface area contributed by atoms with E-state index in [4.69, 9.17) is 5.84 Å². The van der Waals surface area contributed by atoms with Crippen molar-refractivity contribution >= 4 is 43.2 Å². The molecule has 16 heavy (non-hydrogen) atoms. The Labute approximate surface area is 118 Å². The van der Waals surface area contributed by atoms with Crippen molar-refractivity contribution in [3.05, 3.63) is 19.2 Å². The lowest BCUT2D eigenvalue weighted by Crippen LogP contribution is -2.27. The largest absolute Gasteiger partial charge is 0.271 e. The molecule has 0 aliphatic heterocycles. The first-order valence-electron chi connectivity index (χ1n) is 5.45. The standard InChI is InChI=1S/C11H18Br2N2S/c1-7(2)4-3-5-9(15-14)8-6-10(12)16-11(8)13/h6-7,9,15H,3-5,14H2,1-2H3. The fraction of sp³-hybridized carbons (Fsp3) is 0.636. The van der Waals surface area contributed by atoms with Gasteiger partial charge in [-0.2, -0.15) is 0 Å². The third-order valence-electron chi connectivity index (χ3n) is 2.53. The van der Waals surface area contributed by atoms with E-state index in [-0.39, 0.29) is 6.04 Å². The summed E-state index contributed by atoms with van der Waals surface area (Å²) in [4.78, 5) is 0. The molecular weight excluding hydrogens is 352 g/mol. The molecule has 0 saturated heterocycles. The predicted octanol–water partition coefficient (Wildman–Crippen LogP) is 4.60. The van der Waals surface area contributed by atoms with Crippen molar-refractivity contribution in [2.45, 2.75) is 39.2 Å². The van der Waals surface area contributed by atoms with Gasteiger partial charge >= 0.3 is 0 Å². The SMILES string of the molecule is CC(C)CCCC(NN)c1cc(Br)sc1Br. The van der Waals surface area contributed by atoms with Gasteiger partial charge in [0.2, 0.25) is 0 Å². The summed E-state index contributed by atoms with van der Waals surface area (Å²) in [6.07, 6.45) is 3.53. The van der Waals surface area contributed by atoms with Crippen LogP contribution in [-0.4, -0.2) is 0 Å². The highest BCUT2D eigenvalue weighted by molar-refractivity contribution is 9.12. The number of hydrogen-bond acceptors (Lipinski definition) is 3. The van der Waals surface area contributed by atoms with E-state index in [9.17, 15) is 0 Å². The van der Waals surface area contributed by atoms with Crippen molar-refractivity contribution in [2.75, 3.05) is 0 Å². The van der Waals surface area contributed by atoms with Gasteiger partial charge in [-0.3, -0.25) is 11.3 Å². The van der Waals surface area contributed by atoms with Gasteiger partial charge in [0.25, 0.3) is 0 Å². The van der Waals surface area contributed by atoms with Crippen molar-refractivity contribution < 1.29 is 0 Å². The Morgan fingerprint density at radius 2 is 2.06 bits per heavy atom. The normalized spacial score (nSPS) is 13.4. The van der Waals surface area contributed by atoms with Gasteiger partial charge in [0.1, 0.15) is 0 Å². The average Bonchev–Trinajstić information content (AvgIpc) is 2.52. The van der Waals surface area contributed by atoms with E-state index in [2.05, 4.69) is 57.2 Å². The molecule has 0 bridgehead atoms. The molecule has 0 amide bonds. The Balaban J connectivity index is 2.57. The molecule has 1 aromatic heterocycles. The summed E-state index contributed by atoms with van der Waals surface area (Å²) in [5.41, 5.74) is 4.15. The van der Waals surface area contributed by atoms with Crippen LogP contribution < -0.4 is 11.3 Å². The molecule has 1 unspecified atom stereocenters. The molecule has 0 saturated carbocycles. The lowest BCUT2D eigenvalue weighted by molar-refractivity contribution is 0.455. The Hall–Kier alpha value is 0.580. The summed E-state index contributed by atoms with van der Waals surface area (Å²) in [6, 6.07) is 2.38. The first-order chi connectivity index (χ1) is 7.54. The monoisotopic (exact) mass is 368 g/mol. The second-order valence-corrected chi connectivity index (χ2v) is 8.07. The van der Waals surface area contributed by atoms with Crippen LogP contribution in [0.25, 0.3) is 0 Å². The van der Waals surface area contributed by atoms with E-state index >= 15 is 0 Å². The maximum atomic E-state index is 5.62. The van der Waals surface area contributed by atoms with Gasteiger partial charge in [-0.1, -0.05) is 26.7 Å². The van der Waals surface area contributed by atoms with Crippen LogP contribution >= 0.6 is 43.2 Å². The van der Waals surface area contributed by atoms with E-state index in [1.165, 1.54) is 18.4 Å². The van der Waals surface area contributed by atoms with Crippen molar-refractivity contribution in [2.24, 2.45) is 11.8 Å². The van der Waals surface area contributed by atoms with Gasteiger partial charge in [-0.25, -0.2) is 0 Å². The Kier molecular flexibility index (Phi) is 6.51. The van der Waals surface area contributed by atoms with Crippen LogP contribution in [0.3, 0.4) is 0 Å². The second-order valence-electron chi connectivity index (χ2n) is 4.32. The van der Waals surface area contributed by atoms with Crippen LogP contribution in [0.1, 0.15) is 44.7 Å². The number of nitrogens with one attached hydrogen (secondary N) is 1. The smallest absolute Gasteiger partial charge is 0.0758 e. The Bertz CT molecular complexity index is 326. The average molecular weight is 370 g/mol. The highest BCUT2D eigenvalue weighted by Crippen LogP contribution is 2.36. The lowest BCUT2D eigenvalue weighted by atomic mass is 10.0. The van der Waals surface area contributed by atoms with Crippen LogP contribution in [0, 0.1) is 5.92 Å². The van der Waals surface area contributed by atoms with Crippen molar-refractivity contribution in [1.82, 2.24) is 5.43 Å². The van der Waals surface area contributed by atoms with Gasteiger partial charge in [-0.05, 0) is 55.8 Å². The van der Waals surface area contributed by atoms with E-state index in [0.717, 1.165) is 19.9 Å². The van der Waals surface area contributed by atoms with Crippen molar-refractivity contribution in [1.29, 1.82) is 0 Å². The van der Waals surface area contributed by atoms with E-state index in [1.54, 1.807) is 11.3 Å². The van der Waals surface area contributed by atoms with Crippen LogP contribution in [0.15, 0.2) is 13.6 Å². The zero-order chi connectivity index (χ0) is 12.1. The molecule has 0 aromatic carbocycles. The maximum Gasteiger partial charge on any atom is 0.0758 e. The number of hydrazine groups is 1. The molecular formula is C11H18Br2N2S. The molecule has 1 atom stereocenters. The van der Waals surface area contributed by atoms with Gasteiger partial charge in [0, 0.05) is 6.04 Å². The third kappa shape index (κ3) is 4.45. The Morgan fingerprint density at radius 3 is 2.50 bits per heavy atom. The number of hydrogen-bond donors (Lipinski definition) is 2. The molecule has 1 rings (SSSR count). The van der Waals surface area contributed by atoms with Gasteiger partial charge in [0.15, 0.2) is 0 Å². The third-order valence-corrected chi connectivity index (χ3v) is 4.92. The molecule has 2 nitrogen and oxygen atoms in total. The zero-order valence-corrected chi connectivity index (χ0v) is 13.6. The summed E-state index contributed by atoms with van der Waals surface area (Å²) < 4.78 is 2.30. The maximum absolute atomic E-state index is 5.62. The zero-order valence-electron chi connectivity index (χ0n) is 9.59. The molecule has 0 spiro atoms. The molecule has 5 heteroatoms. The number of thiophene rings is 1. The first-order valence-corrected chi connectivity index (χ1v) is 7.85. The summed E-state index contributed by atoms with van der Waals surface area (Å²) in [7, 11) is 0. The molecule has 92 valence electrons. The molecule has 0 fully saturated rings. The number of rotatable bonds is 6. The molecule has 3 N–H and O–H groups in total. The topological polar surface area (TPSA) is 38.0 Å². The summed E-state index contributed by atoms with van der Waals surface area (Å²) in [5.74, 6) is 6.38. The van der Waals surface area contributed by atoms with Crippen LogP contribution in [-0.2, 0) is 0 Å². The Morgan fingerprint density at radius 1 is 1.38 bits per heavy atom. The molecule has 1 aromatic rings. The minimum atomic E-state index is 0.246. The lowest BCUT2D eigenvalue weighted by Gasteiger charge is -2.15. The molecule has 1 heterocycles. The van der Waals surface area contributed by atoms with E-state index in [1.807, 2.05) is 0 Å². The van der Waals surface area contributed by atoms with E-state index < -0.39 is 0 Å². The second kappa shape index (κ2) is 7.11. The number of halogens is 2. The predicted molar refractivity (Wildman–Crippen MR) is 78.5 cm³/mol. The van der Waals surface area contributed by atoms with Gasteiger partial charge in [0.05, 0.1) is 7.57 Å². The molecule has 0 aliphatic rings.